The number of hydrogen-bond acceptors (Lipinski definition) is 4. The molecule has 0 bridgehead atoms. The summed E-state index contributed by atoms with van der Waals surface area (Å²) in [5.74, 6) is -0.0185. The van der Waals surface area contributed by atoms with Gasteiger partial charge in [0.2, 0.25) is 10.0 Å². The van der Waals surface area contributed by atoms with Crippen LogP contribution >= 0.6 is 22.9 Å². The molecule has 0 radical (unpaired) electrons. The number of aromatic nitrogens is 1. The molecule has 1 aromatic heterocycles. The van der Waals surface area contributed by atoms with Crippen LogP contribution in [0.5, 0.6) is 0 Å². The lowest BCUT2D eigenvalue weighted by molar-refractivity contribution is 0.602. The Bertz CT molecular complexity index is 594. The number of alkyl halides is 1. The number of anilines is 1. The van der Waals surface area contributed by atoms with E-state index in [0.717, 1.165) is 10.6 Å². The van der Waals surface area contributed by atoms with Crippen LogP contribution in [0.15, 0.2) is 35.8 Å². The zero-order valence-corrected chi connectivity index (χ0v) is 11.7. The van der Waals surface area contributed by atoms with E-state index in [1.54, 1.807) is 18.3 Å². The number of nitrogens with one attached hydrogen (secondary N) is 1. The molecule has 1 N–H and O–H groups in total. The standard InChI is InChI=1S/C11H11ClN2O2S2/c12-5-8-18(15,16)14-10-3-1-9(2-4-10)11-13-6-7-17-11/h1-4,6-7,14H,5,8H2. The van der Waals surface area contributed by atoms with Crippen LogP contribution in [-0.2, 0) is 10.0 Å². The van der Waals surface area contributed by atoms with Crippen LogP contribution in [0, 0.1) is 0 Å². The van der Waals surface area contributed by atoms with E-state index in [-0.39, 0.29) is 11.6 Å². The maximum atomic E-state index is 11.5. The molecule has 96 valence electrons. The van der Waals surface area contributed by atoms with Crippen molar-refractivity contribution in [1.82, 2.24) is 4.98 Å². The van der Waals surface area contributed by atoms with Crippen molar-refractivity contribution in [2.24, 2.45) is 0 Å². The lowest BCUT2D eigenvalue weighted by atomic mass is 10.2. The molecule has 4 nitrogen and oxygen atoms in total. The van der Waals surface area contributed by atoms with Crippen LogP contribution in [0.25, 0.3) is 10.6 Å². The fourth-order valence-corrected chi connectivity index (χ4v) is 3.43. The zero-order valence-electron chi connectivity index (χ0n) is 9.34. The number of hydrogen-bond donors (Lipinski definition) is 1. The van der Waals surface area contributed by atoms with E-state index in [1.165, 1.54) is 11.3 Å². The summed E-state index contributed by atoms with van der Waals surface area (Å²) < 4.78 is 25.5. The number of rotatable bonds is 5. The summed E-state index contributed by atoms with van der Waals surface area (Å²) in [5.41, 5.74) is 1.49. The number of nitrogens with zero attached hydrogens (tertiary/aromatic N) is 1. The molecule has 0 fully saturated rings. The molecular formula is C11H11ClN2O2S2. The van der Waals surface area contributed by atoms with Gasteiger partial charge >= 0.3 is 0 Å². The molecule has 0 amide bonds. The fraction of sp³-hybridized carbons (Fsp3) is 0.182. The lowest BCUT2D eigenvalue weighted by Gasteiger charge is -2.06. The van der Waals surface area contributed by atoms with E-state index in [2.05, 4.69) is 9.71 Å². The molecule has 1 aromatic carbocycles. The van der Waals surface area contributed by atoms with Crippen LogP contribution in [0.1, 0.15) is 0 Å². The van der Waals surface area contributed by atoms with Gasteiger partial charge in [-0.3, -0.25) is 4.72 Å². The Morgan fingerprint density at radius 2 is 2.00 bits per heavy atom. The van der Waals surface area contributed by atoms with E-state index < -0.39 is 10.0 Å². The van der Waals surface area contributed by atoms with Crippen molar-refractivity contribution in [3.8, 4) is 10.6 Å². The summed E-state index contributed by atoms with van der Waals surface area (Å²) in [7, 11) is -3.35. The smallest absolute Gasteiger partial charge is 0.233 e. The van der Waals surface area contributed by atoms with E-state index >= 15 is 0 Å². The number of sulfonamides is 1. The predicted octanol–water partition coefficient (Wildman–Crippen LogP) is 2.79. The van der Waals surface area contributed by atoms with E-state index in [0.29, 0.717) is 5.69 Å². The van der Waals surface area contributed by atoms with Crippen molar-refractivity contribution in [2.45, 2.75) is 0 Å². The summed E-state index contributed by atoms with van der Waals surface area (Å²) in [5, 5.41) is 2.80. The SMILES string of the molecule is O=S(=O)(CCCl)Nc1ccc(-c2nccs2)cc1. The first-order valence-electron chi connectivity index (χ1n) is 5.17. The topological polar surface area (TPSA) is 59.1 Å². The second kappa shape index (κ2) is 5.69. The lowest BCUT2D eigenvalue weighted by Crippen LogP contribution is -2.17. The van der Waals surface area contributed by atoms with E-state index in [4.69, 9.17) is 11.6 Å². The van der Waals surface area contributed by atoms with Gasteiger partial charge in [-0.2, -0.15) is 0 Å². The summed E-state index contributed by atoms with van der Waals surface area (Å²) in [4.78, 5) is 4.18. The van der Waals surface area contributed by atoms with Crippen molar-refractivity contribution in [2.75, 3.05) is 16.4 Å². The van der Waals surface area contributed by atoms with E-state index in [1.807, 2.05) is 17.5 Å². The van der Waals surface area contributed by atoms with Crippen LogP contribution < -0.4 is 4.72 Å². The fourth-order valence-electron chi connectivity index (χ4n) is 1.38. The highest BCUT2D eigenvalue weighted by atomic mass is 35.5. The highest BCUT2D eigenvalue weighted by Crippen LogP contribution is 2.23. The third kappa shape index (κ3) is 3.44. The monoisotopic (exact) mass is 302 g/mol. The predicted molar refractivity (Wildman–Crippen MR) is 75.7 cm³/mol. The minimum absolute atomic E-state index is 0.0759. The Morgan fingerprint density at radius 3 is 2.56 bits per heavy atom. The van der Waals surface area contributed by atoms with Gasteiger partial charge in [0, 0.05) is 28.7 Å². The van der Waals surface area contributed by atoms with Crippen molar-refractivity contribution in [1.29, 1.82) is 0 Å². The Kier molecular flexibility index (Phi) is 4.21. The van der Waals surface area contributed by atoms with Gasteiger partial charge in [0.1, 0.15) is 5.01 Å². The molecule has 0 aliphatic rings. The van der Waals surface area contributed by atoms with Crippen LogP contribution in [-0.4, -0.2) is 25.0 Å². The Balaban J connectivity index is 2.14. The number of halogens is 1. The van der Waals surface area contributed by atoms with Gasteiger partial charge < -0.3 is 0 Å². The molecule has 0 atom stereocenters. The Labute approximate surface area is 115 Å². The van der Waals surface area contributed by atoms with Crippen LogP contribution in [0.3, 0.4) is 0 Å². The first-order chi connectivity index (χ1) is 8.61. The maximum Gasteiger partial charge on any atom is 0.233 e. The molecule has 0 aliphatic carbocycles. The number of benzene rings is 1. The molecule has 1 heterocycles. The van der Waals surface area contributed by atoms with E-state index in [9.17, 15) is 8.42 Å². The van der Waals surface area contributed by atoms with Gasteiger partial charge in [-0.15, -0.1) is 22.9 Å². The van der Waals surface area contributed by atoms with Crippen molar-refractivity contribution >= 4 is 38.6 Å². The van der Waals surface area contributed by atoms with Crippen LogP contribution in [0.2, 0.25) is 0 Å². The molecule has 7 heteroatoms. The van der Waals surface area contributed by atoms with Gasteiger partial charge in [0.05, 0.1) is 5.75 Å². The number of thiazole rings is 1. The van der Waals surface area contributed by atoms with Gasteiger partial charge in [-0.25, -0.2) is 13.4 Å². The highest BCUT2D eigenvalue weighted by Gasteiger charge is 2.09. The average Bonchev–Trinajstić information content (AvgIpc) is 2.82. The summed E-state index contributed by atoms with van der Waals surface area (Å²) in [6.45, 7) is 0. The first kappa shape index (κ1) is 13.3. The molecular weight excluding hydrogens is 292 g/mol. The average molecular weight is 303 g/mol. The molecule has 0 aliphatic heterocycles. The largest absolute Gasteiger partial charge is 0.284 e. The zero-order chi connectivity index (χ0) is 13.0. The molecule has 0 unspecified atom stereocenters. The molecule has 0 spiro atoms. The minimum atomic E-state index is -3.35. The molecule has 2 aromatic rings. The molecule has 18 heavy (non-hydrogen) atoms. The van der Waals surface area contributed by atoms with Crippen molar-refractivity contribution in [3.05, 3.63) is 35.8 Å². The summed E-state index contributed by atoms with van der Waals surface area (Å²) in [6, 6.07) is 7.08. The van der Waals surface area contributed by atoms with Gasteiger partial charge in [0.15, 0.2) is 0 Å². The minimum Gasteiger partial charge on any atom is -0.284 e. The van der Waals surface area contributed by atoms with Crippen molar-refractivity contribution < 1.29 is 8.42 Å². The third-order valence-corrected chi connectivity index (χ3v) is 4.71. The van der Waals surface area contributed by atoms with Crippen LogP contribution in [0.4, 0.5) is 5.69 Å². The summed E-state index contributed by atoms with van der Waals surface area (Å²) >= 11 is 6.95. The second-order valence-corrected chi connectivity index (χ2v) is 6.64. The normalized spacial score (nSPS) is 11.4. The highest BCUT2D eigenvalue weighted by molar-refractivity contribution is 7.92. The maximum absolute atomic E-state index is 11.5. The molecule has 0 saturated heterocycles. The first-order valence-corrected chi connectivity index (χ1v) is 8.24. The van der Waals surface area contributed by atoms with Crippen molar-refractivity contribution in [3.63, 3.8) is 0 Å². The quantitative estimate of drug-likeness (QED) is 0.864. The summed E-state index contributed by atoms with van der Waals surface area (Å²) in [6.07, 6.45) is 1.73. The molecule has 2 rings (SSSR count). The third-order valence-electron chi connectivity index (χ3n) is 2.18. The Hall–Kier alpha value is -1.11. The molecule has 0 saturated carbocycles. The second-order valence-electron chi connectivity index (χ2n) is 3.52. The Morgan fingerprint density at radius 1 is 1.28 bits per heavy atom. The van der Waals surface area contributed by atoms with Gasteiger partial charge in [0.25, 0.3) is 0 Å². The van der Waals surface area contributed by atoms with Gasteiger partial charge in [-0.05, 0) is 24.3 Å². The van der Waals surface area contributed by atoms with Gasteiger partial charge in [-0.1, -0.05) is 0 Å².